The van der Waals surface area contributed by atoms with Crippen molar-refractivity contribution in [1.29, 1.82) is 0 Å². The molecule has 11 nitrogen and oxygen atoms in total. The van der Waals surface area contributed by atoms with Gasteiger partial charge in [-0.2, -0.15) is 36.4 Å². The summed E-state index contributed by atoms with van der Waals surface area (Å²) in [5, 5.41) is 7.78. The van der Waals surface area contributed by atoms with Crippen LogP contribution in [0.2, 0.25) is 0 Å². The minimum absolute atomic E-state index is 0.0761. The van der Waals surface area contributed by atoms with Crippen molar-refractivity contribution >= 4 is 17.5 Å². The van der Waals surface area contributed by atoms with Crippen molar-refractivity contribution in [1.82, 2.24) is 25.1 Å². The molecule has 2 N–H and O–H groups in total. The molecule has 5 rings (SSSR count). The minimum Gasteiger partial charge on any atom is -0.487 e. The Morgan fingerprint density at radius 2 is 1.98 bits per heavy atom. The molecule has 3 aromatic heterocycles. The van der Waals surface area contributed by atoms with E-state index in [2.05, 4.69) is 25.4 Å². The van der Waals surface area contributed by atoms with Crippen molar-refractivity contribution < 1.29 is 35.8 Å². The molecule has 1 saturated heterocycles. The topological polar surface area (TPSA) is 121 Å². The Morgan fingerprint density at radius 3 is 2.73 bits per heavy atom. The fourth-order valence-electron chi connectivity index (χ4n) is 4.43. The Morgan fingerprint density at radius 1 is 1.18 bits per heavy atom. The molecule has 5 heterocycles. The Labute approximate surface area is 222 Å². The molecule has 0 saturated carbocycles. The first-order valence-corrected chi connectivity index (χ1v) is 12.0. The van der Waals surface area contributed by atoms with Gasteiger partial charge in [-0.05, 0) is 13.0 Å². The van der Waals surface area contributed by atoms with Gasteiger partial charge in [-0.25, -0.2) is 15.1 Å². The number of nitrogens with zero attached hydrogens (tertiary/aromatic N) is 6. The summed E-state index contributed by atoms with van der Waals surface area (Å²) in [7, 11) is 0. The van der Waals surface area contributed by atoms with Gasteiger partial charge in [0.05, 0.1) is 29.5 Å². The molecule has 17 heteroatoms. The van der Waals surface area contributed by atoms with Crippen LogP contribution in [0.25, 0.3) is 0 Å². The lowest BCUT2D eigenvalue weighted by Gasteiger charge is -2.44. The summed E-state index contributed by atoms with van der Waals surface area (Å²) in [6.07, 6.45) is -6.27. The highest BCUT2D eigenvalue weighted by atomic mass is 19.4. The number of hydrogen-bond donors (Lipinski definition) is 2. The highest BCUT2D eigenvalue weighted by Gasteiger charge is 2.39. The first-order chi connectivity index (χ1) is 18.9. The maximum atomic E-state index is 13.3. The molecule has 0 spiro atoms. The third-order valence-corrected chi connectivity index (χ3v) is 6.27. The monoisotopic (exact) mass is 572 g/mol. The number of halogens is 6. The summed E-state index contributed by atoms with van der Waals surface area (Å²) in [6.45, 7) is 2.89. The number of H-pyrrole nitrogens is 1. The van der Waals surface area contributed by atoms with Crippen LogP contribution in [-0.4, -0.2) is 70.1 Å². The average Bonchev–Trinajstić information content (AvgIpc) is 2.90. The molecule has 0 amide bonds. The number of nitrogens with one attached hydrogen (secondary N) is 2. The van der Waals surface area contributed by atoms with Crippen molar-refractivity contribution in [3.8, 4) is 11.6 Å². The number of hydrogen-bond acceptors (Lipinski definition) is 10. The molecule has 0 unspecified atom stereocenters. The van der Waals surface area contributed by atoms with Crippen LogP contribution in [0, 0.1) is 0 Å². The standard InChI is InChI=1S/C23H22F6N8O3/c1-12(33-15-8-32-35-20(38)18(15)23(27,28)29)10-40-17-2-3-30-21(34-17)36-4-5-37-14(9-36)11-39-16-6-13(22(24,25)26)7-31-19(16)37/h2-3,6-8,12,14H,4-5,9-11H2,1H3,(H2,33,35,38)/t12-,14-/m0/s1. The second-order valence-corrected chi connectivity index (χ2v) is 9.18. The lowest BCUT2D eigenvalue weighted by atomic mass is 10.1. The SMILES string of the molecule is C[C@@H](COc1ccnc(N2CCN3c4ncc(C(F)(F)F)cc4OC[C@@H]3C2)n1)Nc1cn[nH]c(=O)c1C(F)(F)F. The van der Waals surface area contributed by atoms with E-state index in [-0.39, 0.29) is 30.9 Å². The van der Waals surface area contributed by atoms with Crippen LogP contribution in [0.4, 0.5) is 43.8 Å². The van der Waals surface area contributed by atoms with Crippen LogP contribution < -0.4 is 30.1 Å². The maximum absolute atomic E-state index is 13.3. The van der Waals surface area contributed by atoms with Crippen LogP contribution in [0.1, 0.15) is 18.1 Å². The van der Waals surface area contributed by atoms with E-state index in [1.165, 1.54) is 12.3 Å². The summed E-state index contributed by atoms with van der Waals surface area (Å²) in [4.78, 5) is 28.1. The van der Waals surface area contributed by atoms with E-state index in [0.29, 0.717) is 31.4 Å². The zero-order valence-electron chi connectivity index (χ0n) is 20.8. The third kappa shape index (κ3) is 5.67. The number of rotatable bonds is 6. The summed E-state index contributed by atoms with van der Waals surface area (Å²) in [5.74, 6) is 0.926. The van der Waals surface area contributed by atoms with Crippen LogP contribution in [0.15, 0.2) is 35.5 Å². The quantitative estimate of drug-likeness (QED) is 0.427. The summed E-state index contributed by atoms with van der Waals surface area (Å²) in [6, 6.07) is 1.57. The van der Waals surface area contributed by atoms with Crippen molar-refractivity contribution in [3.05, 3.63) is 52.2 Å². The number of alkyl halides is 6. The Bertz CT molecular complexity index is 1430. The molecule has 2 aliphatic heterocycles. The first-order valence-electron chi connectivity index (χ1n) is 12.0. The van der Waals surface area contributed by atoms with E-state index in [9.17, 15) is 31.1 Å². The normalized spacial score (nSPS) is 17.9. The van der Waals surface area contributed by atoms with E-state index < -0.39 is 40.8 Å². The Hall–Kier alpha value is -4.31. The largest absolute Gasteiger partial charge is 0.487 e. The van der Waals surface area contributed by atoms with Gasteiger partial charge in [-0.1, -0.05) is 0 Å². The molecule has 214 valence electrons. The average molecular weight is 572 g/mol. The van der Waals surface area contributed by atoms with E-state index in [0.717, 1.165) is 18.5 Å². The van der Waals surface area contributed by atoms with E-state index in [1.807, 2.05) is 9.80 Å². The van der Waals surface area contributed by atoms with Gasteiger partial charge < -0.3 is 24.6 Å². The predicted octanol–water partition coefficient (Wildman–Crippen LogP) is 2.96. The number of aromatic amines is 1. The fourth-order valence-corrected chi connectivity index (χ4v) is 4.43. The molecule has 0 radical (unpaired) electrons. The van der Waals surface area contributed by atoms with Crippen LogP contribution >= 0.6 is 0 Å². The summed E-state index contributed by atoms with van der Waals surface area (Å²) < 4.78 is 90.2. The molecule has 0 aromatic carbocycles. The molecule has 1 fully saturated rings. The summed E-state index contributed by atoms with van der Waals surface area (Å²) in [5.41, 5.74) is -4.11. The van der Waals surface area contributed by atoms with Crippen LogP contribution in [0.5, 0.6) is 11.6 Å². The van der Waals surface area contributed by atoms with Gasteiger partial charge in [0.1, 0.15) is 18.8 Å². The van der Waals surface area contributed by atoms with Gasteiger partial charge in [-0.3, -0.25) is 4.79 Å². The van der Waals surface area contributed by atoms with Crippen molar-refractivity contribution in [2.75, 3.05) is 48.0 Å². The van der Waals surface area contributed by atoms with Crippen LogP contribution in [-0.2, 0) is 12.4 Å². The number of aromatic nitrogens is 5. The molecule has 0 bridgehead atoms. The van der Waals surface area contributed by atoms with E-state index in [4.69, 9.17) is 9.47 Å². The summed E-state index contributed by atoms with van der Waals surface area (Å²) >= 11 is 0. The van der Waals surface area contributed by atoms with Gasteiger partial charge in [0.2, 0.25) is 11.8 Å². The highest BCUT2D eigenvalue weighted by Crippen LogP contribution is 2.38. The number of fused-ring (bicyclic) bond motifs is 3. The van der Waals surface area contributed by atoms with Crippen LogP contribution in [0.3, 0.4) is 0 Å². The Balaban J connectivity index is 1.21. The first kappa shape index (κ1) is 27.3. The fraction of sp³-hybridized carbons (Fsp3) is 0.435. The maximum Gasteiger partial charge on any atom is 0.423 e. The van der Waals surface area contributed by atoms with Crippen molar-refractivity contribution in [2.24, 2.45) is 0 Å². The molecule has 0 aliphatic carbocycles. The zero-order chi connectivity index (χ0) is 28.7. The zero-order valence-corrected chi connectivity index (χ0v) is 20.8. The smallest absolute Gasteiger partial charge is 0.423 e. The van der Waals surface area contributed by atoms with Crippen molar-refractivity contribution in [3.63, 3.8) is 0 Å². The third-order valence-electron chi connectivity index (χ3n) is 6.27. The lowest BCUT2D eigenvalue weighted by Crippen LogP contribution is -2.58. The number of pyridine rings is 1. The molecular formula is C23H22F6N8O3. The van der Waals surface area contributed by atoms with Gasteiger partial charge >= 0.3 is 12.4 Å². The molecular weight excluding hydrogens is 550 g/mol. The van der Waals surface area contributed by atoms with E-state index in [1.54, 1.807) is 12.0 Å². The lowest BCUT2D eigenvalue weighted by molar-refractivity contribution is -0.138. The van der Waals surface area contributed by atoms with Gasteiger partial charge in [0.15, 0.2) is 11.6 Å². The van der Waals surface area contributed by atoms with Gasteiger partial charge in [0, 0.05) is 38.1 Å². The van der Waals surface area contributed by atoms with Crippen molar-refractivity contribution in [2.45, 2.75) is 31.4 Å². The predicted molar refractivity (Wildman–Crippen MR) is 129 cm³/mol. The Kier molecular flexibility index (Phi) is 7.05. The van der Waals surface area contributed by atoms with Gasteiger partial charge in [-0.15, -0.1) is 0 Å². The number of piperazine rings is 1. The molecule has 2 aliphatic rings. The highest BCUT2D eigenvalue weighted by molar-refractivity contribution is 5.58. The minimum atomic E-state index is -4.88. The second kappa shape index (κ2) is 10.3. The second-order valence-electron chi connectivity index (χ2n) is 9.18. The van der Waals surface area contributed by atoms with Gasteiger partial charge in [0.25, 0.3) is 5.56 Å². The van der Waals surface area contributed by atoms with E-state index >= 15 is 0 Å². The molecule has 40 heavy (non-hydrogen) atoms. The number of anilines is 3. The molecule has 2 atom stereocenters. The molecule has 3 aromatic rings. The number of ether oxygens (including phenoxy) is 2.